The van der Waals surface area contributed by atoms with Gasteiger partial charge in [-0.25, -0.2) is 0 Å². The highest BCUT2D eigenvalue weighted by atomic mass is 16.3. The Morgan fingerprint density at radius 2 is 1.67 bits per heavy atom. The molecule has 0 spiro atoms. The summed E-state index contributed by atoms with van der Waals surface area (Å²) in [4.78, 5) is 26.6. The first-order valence-corrected chi connectivity index (χ1v) is 8.10. The Morgan fingerprint density at radius 3 is 2.12 bits per heavy atom. The van der Waals surface area contributed by atoms with Crippen molar-refractivity contribution in [3.8, 4) is 0 Å². The topological polar surface area (TPSA) is 75.7 Å². The van der Waals surface area contributed by atoms with Crippen molar-refractivity contribution in [1.29, 1.82) is 0 Å². The van der Waals surface area contributed by atoms with Gasteiger partial charge in [-0.2, -0.15) is 0 Å². The first kappa shape index (κ1) is 16.4. The van der Waals surface area contributed by atoms with Crippen molar-refractivity contribution in [3.63, 3.8) is 0 Å². The minimum atomic E-state index is -0.168. The Labute approximate surface area is 140 Å². The number of aryl methyl sites for hydroxylation is 4. The molecule has 1 N–H and O–H groups in total. The third-order valence-electron chi connectivity index (χ3n) is 4.46. The van der Waals surface area contributed by atoms with E-state index in [1.165, 1.54) is 0 Å². The van der Waals surface area contributed by atoms with Gasteiger partial charge in [0.2, 0.25) is 0 Å². The quantitative estimate of drug-likeness (QED) is 0.935. The van der Waals surface area contributed by atoms with Gasteiger partial charge in [-0.3, -0.25) is 9.59 Å². The SMILES string of the molecule is Cc1cc(C(=O)NCC2CCN2C(=O)c2cc(C)oc2C)c(C)o1. The number of furan rings is 2. The lowest BCUT2D eigenvalue weighted by atomic mass is 10.0. The molecule has 3 rings (SSSR count). The lowest BCUT2D eigenvalue weighted by molar-refractivity contribution is 0.0454. The summed E-state index contributed by atoms with van der Waals surface area (Å²) in [5, 5.41) is 2.89. The lowest BCUT2D eigenvalue weighted by Gasteiger charge is -2.41. The summed E-state index contributed by atoms with van der Waals surface area (Å²) < 4.78 is 10.8. The molecule has 0 radical (unpaired) electrons. The molecule has 1 aliphatic heterocycles. The molecule has 1 aliphatic rings. The zero-order chi connectivity index (χ0) is 17.4. The van der Waals surface area contributed by atoms with Gasteiger partial charge in [0, 0.05) is 13.1 Å². The van der Waals surface area contributed by atoms with E-state index in [2.05, 4.69) is 5.32 Å². The maximum atomic E-state index is 12.6. The number of nitrogens with one attached hydrogen (secondary N) is 1. The van der Waals surface area contributed by atoms with Crippen molar-refractivity contribution < 1.29 is 18.4 Å². The van der Waals surface area contributed by atoms with E-state index in [1.807, 2.05) is 13.8 Å². The van der Waals surface area contributed by atoms with Gasteiger partial charge in [-0.1, -0.05) is 0 Å². The molecule has 0 aromatic carbocycles. The van der Waals surface area contributed by atoms with Gasteiger partial charge < -0.3 is 19.1 Å². The predicted octanol–water partition coefficient (Wildman–Crippen LogP) is 2.75. The van der Waals surface area contributed by atoms with Crippen LogP contribution in [0.5, 0.6) is 0 Å². The Bertz CT molecular complexity index is 787. The fraction of sp³-hybridized carbons (Fsp3) is 0.444. The molecule has 2 aromatic rings. The highest BCUT2D eigenvalue weighted by molar-refractivity contribution is 5.97. The molecule has 0 bridgehead atoms. The molecule has 24 heavy (non-hydrogen) atoms. The molecule has 1 unspecified atom stereocenters. The molecular formula is C18H22N2O4. The standard InChI is InChI=1S/C18H22N2O4/c1-10-7-15(12(3)23-10)17(21)19-9-14-5-6-20(14)18(22)16-8-11(2)24-13(16)4/h7-8,14H,5-6,9H2,1-4H3,(H,19,21). The maximum Gasteiger partial charge on any atom is 0.257 e. The molecule has 2 amide bonds. The predicted molar refractivity (Wildman–Crippen MR) is 88.1 cm³/mol. The van der Waals surface area contributed by atoms with Gasteiger partial charge in [0.1, 0.15) is 23.0 Å². The molecule has 128 valence electrons. The maximum absolute atomic E-state index is 12.6. The van der Waals surface area contributed by atoms with Crippen LogP contribution in [0.1, 0.15) is 50.2 Å². The second-order valence-electron chi connectivity index (χ2n) is 6.30. The Hall–Kier alpha value is -2.50. The van der Waals surface area contributed by atoms with Crippen LogP contribution >= 0.6 is 0 Å². The highest BCUT2D eigenvalue weighted by Gasteiger charge is 2.34. The van der Waals surface area contributed by atoms with Crippen LogP contribution in [0.4, 0.5) is 0 Å². The van der Waals surface area contributed by atoms with E-state index >= 15 is 0 Å². The summed E-state index contributed by atoms with van der Waals surface area (Å²) >= 11 is 0. The van der Waals surface area contributed by atoms with Crippen LogP contribution in [0.15, 0.2) is 21.0 Å². The van der Waals surface area contributed by atoms with Crippen LogP contribution in [0, 0.1) is 27.7 Å². The van der Waals surface area contributed by atoms with E-state index in [1.54, 1.807) is 30.9 Å². The summed E-state index contributed by atoms with van der Waals surface area (Å²) in [6.07, 6.45) is 0.880. The van der Waals surface area contributed by atoms with Gasteiger partial charge in [0.05, 0.1) is 17.2 Å². The number of rotatable bonds is 4. The van der Waals surface area contributed by atoms with Crippen LogP contribution in [0.25, 0.3) is 0 Å². The second kappa shape index (κ2) is 6.19. The largest absolute Gasteiger partial charge is 0.466 e. The van der Waals surface area contributed by atoms with Gasteiger partial charge in [0.15, 0.2) is 0 Å². The number of hydrogen-bond acceptors (Lipinski definition) is 4. The Balaban J connectivity index is 1.60. The molecule has 3 heterocycles. The van der Waals surface area contributed by atoms with Crippen molar-refractivity contribution in [1.82, 2.24) is 10.2 Å². The van der Waals surface area contributed by atoms with Crippen LogP contribution in [0.3, 0.4) is 0 Å². The smallest absolute Gasteiger partial charge is 0.257 e. The van der Waals surface area contributed by atoms with E-state index in [9.17, 15) is 9.59 Å². The van der Waals surface area contributed by atoms with Gasteiger partial charge in [0.25, 0.3) is 11.8 Å². The average molecular weight is 330 g/mol. The second-order valence-corrected chi connectivity index (χ2v) is 6.30. The molecule has 6 nitrogen and oxygen atoms in total. The first-order chi connectivity index (χ1) is 11.4. The van der Waals surface area contributed by atoms with Crippen molar-refractivity contribution in [2.24, 2.45) is 0 Å². The summed E-state index contributed by atoms with van der Waals surface area (Å²) in [5.74, 6) is 2.48. The average Bonchev–Trinajstić information content (AvgIpc) is 2.99. The van der Waals surface area contributed by atoms with Crippen LogP contribution in [0.2, 0.25) is 0 Å². The van der Waals surface area contributed by atoms with E-state index in [-0.39, 0.29) is 17.9 Å². The van der Waals surface area contributed by atoms with Crippen molar-refractivity contribution in [2.75, 3.05) is 13.1 Å². The monoisotopic (exact) mass is 330 g/mol. The van der Waals surface area contributed by atoms with E-state index in [0.717, 1.165) is 12.2 Å². The van der Waals surface area contributed by atoms with Crippen molar-refractivity contribution >= 4 is 11.8 Å². The molecule has 1 atom stereocenters. The van der Waals surface area contributed by atoms with E-state index in [4.69, 9.17) is 8.83 Å². The summed E-state index contributed by atoms with van der Waals surface area (Å²) in [7, 11) is 0. The number of hydrogen-bond donors (Lipinski definition) is 1. The summed E-state index contributed by atoms with van der Waals surface area (Å²) in [5.41, 5.74) is 1.15. The minimum Gasteiger partial charge on any atom is -0.466 e. The van der Waals surface area contributed by atoms with Crippen molar-refractivity contribution in [3.05, 3.63) is 46.3 Å². The van der Waals surface area contributed by atoms with Gasteiger partial charge in [-0.05, 0) is 46.2 Å². The van der Waals surface area contributed by atoms with Crippen LogP contribution in [-0.4, -0.2) is 35.8 Å². The highest BCUT2D eigenvalue weighted by Crippen LogP contribution is 2.23. The molecule has 0 aliphatic carbocycles. The Morgan fingerprint density at radius 1 is 1.08 bits per heavy atom. The van der Waals surface area contributed by atoms with Gasteiger partial charge >= 0.3 is 0 Å². The number of amides is 2. The molecule has 2 aromatic heterocycles. The number of likely N-dealkylation sites (tertiary alicyclic amines) is 1. The fourth-order valence-electron chi connectivity index (χ4n) is 3.08. The molecular weight excluding hydrogens is 308 g/mol. The number of carbonyl (C=O) groups excluding carboxylic acids is 2. The summed E-state index contributed by atoms with van der Waals surface area (Å²) in [6.45, 7) is 8.33. The molecule has 0 saturated carbocycles. The Kier molecular flexibility index (Phi) is 4.22. The number of carbonyl (C=O) groups is 2. The van der Waals surface area contributed by atoms with Crippen LogP contribution < -0.4 is 5.32 Å². The van der Waals surface area contributed by atoms with E-state index < -0.39 is 0 Å². The van der Waals surface area contributed by atoms with Crippen molar-refractivity contribution in [2.45, 2.75) is 40.2 Å². The fourth-order valence-corrected chi connectivity index (χ4v) is 3.08. The zero-order valence-electron chi connectivity index (χ0n) is 14.4. The number of nitrogens with zero attached hydrogens (tertiary/aromatic N) is 1. The molecule has 1 fully saturated rings. The van der Waals surface area contributed by atoms with E-state index in [0.29, 0.717) is 41.5 Å². The van der Waals surface area contributed by atoms with Crippen LogP contribution in [-0.2, 0) is 0 Å². The third kappa shape index (κ3) is 2.96. The summed E-state index contributed by atoms with van der Waals surface area (Å²) in [6, 6.07) is 3.51. The van der Waals surface area contributed by atoms with Gasteiger partial charge in [-0.15, -0.1) is 0 Å². The third-order valence-corrected chi connectivity index (χ3v) is 4.46. The first-order valence-electron chi connectivity index (χ1n) is 8.10. The lowest BCUT2D eigenvalue weighted by Crippen LogP contribution is -2.56. The zero-order valence-corrected chi connectivity index (χ0v) is 14.4. The molecule has 1 saturated heterocycles. The minimum absolute atomic E-state index is 0.0179. The molecule has 6 heteroatoms. The normalized spacial score (nSPS) is 16.8.